The maximum absolute atomic E-state index is 12.6. The SMILES string of the molecule is CC1(C(=O)O)CC2=CC(=O)CC[C@]2(C)C2=CC[C@@]3(C)[C@@H](CC[C@]3(O)CCC(=O)O)[C@@H]21. The molecule has 6 nitrogen and oxygen atoms in total. The lowest BCUT2D eigenvalue weighted by Crippen LogP contribution is -2.57. The van der Waals surface area contributed by atoms with E-state index in [1.54, 1.807) is 13.0 Å². The van der Waals surface area contributed by atoms with Crippen molar-refractivity contribution in [3.05, 3.63) is 23.3 Å². The van der Waals surface area contributed by atoms with Crippen LogP contribution in [-0.2, 0) is 14.4 Å². The fraction of sp³-hybridized carbons (Fsp3) is 0.708. The maximum Gasteiger partial charge on any atom is 0.310 e. The second kappa shape index (κ2) is 6.52. The molecule has 0 aromatic rings. The molecule has 4 aliphatic rings. The minimum atomic E-state index is -1.11. The van der Waals surface area contributed by atoms with Gasteiger partial charge in [0.15, 0.2) is 5.78 Å². The quantitative estimate of drug-likeness (QED) is 0.602. The smallest absolute Gasteiger partial charge is 0.310 e. The molecule has 6 heteroatoms. The van der Waals surface area contributed by atoms with Crippen molar-refractivity contribution in [1.29, 1.82) is 0 Å². The third kappa shape index (κ3) is 2.68. The van der Waals surface area contributed by atoms with Crippen molar-refractivity contribution in [2.24, 2.45) is 28.1 Å². The molecule has 0 saturated heterocycles. The van der Waals surface area contributed by atoms with E-state index in [1.807, 2.05) is 6.92 Å². The van der Waals surface area contributed by atoms with Crippen LogP contribution < -0.4 is 0 Å². The average molecular weight is 417 g/mol. The van der Waals surface area contributed by atoms with Crippen molar-refractivity contribution < 1.29 is 29.7 Å². The van der Waals surface area contributed by atoms with Gasteiger partial charge >= 0.3 is 11.9 Å². The summed E-state index contributed by atoms with van der Waals surface area (Å²) in [6, 6.07) is 0. The normalized spacial score (nSPS) is 45.0. The van der Waals surface area contributed by atoms with Crippen molar-refractivity contribution in [2.45, 2.75) is 77.7 Å². The number of carboxylic acid groups (broad SMARTS) is 2. The minimum absolute atomic E-state index is 0.0339. The van der Waals surface area contributed by atoms with Crippen LogP contribution in [0.25, 0.3) is 0 Å². The van der Waals surface area contributed by atoms with Gasteiger partial charge in [-0.2, -0.15) is 0 Å². The Balaban J connectivity index is 1.83. The molecule has 0 amide bonds. The van der Waals surface area contributed by atoms with Gasteiger partial charge in [0.2, 0.25) is 0 Å². The molecule has 0 aliphatic heterocycles. The first-order valence-corrected chi connectivity index (χ1v) is 11.0. The van der Waals surface area contributed by atoms with Gasteiger partial charge in [-0.25, -0.2) is 0 Å². The lowest BCUT2D eigenvalue weighted by Gasteiger charge is -2.59. The average Bonchev–Trinajstić information content (AvgIpc) is 2.93. The molecule has 30 heavy (non-hydrogen) atoms. The first-order chi connectivity index (χ1) is 13.9. The van der Waals surface area contributed by atoms with E-state index in [0.29, 0.717) is 38.5 Å². The number of carbonyl (C=O) groups is 3. The Morgan fingerprint density at radius 2 is 1.87 bits per heavy atom. The third-order valence-electron chi connectivity index (χ3n) is 9.27. The number of hydrogen-bond acceptors (Lipinski definition) is 4. The first kappa shape index (κ1) is 21.3. The van der Waals surface area contributed by atoms with Crippen LogP contribution >= 0.6 is 0 Å². The van der Waals surface area contributed by atoms with Gasteiger partial charge < -0.3 is 15.3 Å². The van der Waals surface area contributed by atoms with Crippen LogP contribution in [0, 0.1) is 28.1 Å². The maximum atomic E-state index is 12.6. The van der Waals surface area contributed by atoms with E-state index in [0.717, 1.165) is 11.1 Å². The molecular formula is C24H32O6. The van der Waals surface area contributed by atoms with Crippen LogP contribution in [0.4, 0.5) is 0 Å². The molecule has 0 bridgehead atoms. The van der Waals surface area contributed by atoms with Gasteiger partial charge in [-0.1, -0.05) is 31.1 Å². The van der Waals surface area contributed by atoms with Crippen LogP contribution in [0.5, 0.6) is 0 Å². The topological polar surface area (TPSA) is 112 Å². The molecule has 6 atom stereocenters. The number of allylic oxidation sites excluding steroid dienone is 4. The predicted octanol–water partition coefficient (Wildman–Crippen LogP) is 3.74. The molecule has 164 valence electrons. The predicted molar refractivity (Wildman–Crippen MR) is 110 cm³/mol. The zero-order valence-corrected chi connectivity index (χ0v) is 18.0. The van der Waals surface area contributed by atoms with Crippen molar-refractivity contribution in [3.8, 4) is 0 Å². The Morgan fingerprint density at radius 3 is 2.50 bits per heavy atom. The van der Waals surface area contributed by atoms with Crippen molar-refractivity contribution >= 4 is 17.7 Å². The summed E-state index contributed by atoms with van der Waals surface area (Å²) in [5.41, 5.74) is -1.00. The highest BCUT2D eigenvalue weighted by Crippen LogP contribution is 2.69. The summed E-state index contributed by atoms with van der Waals surface area (Å²) in [5.74, 6) is -2.00. The molecular weight excluding hydrogens is 384 g/mol. The molecule has 0 aromatic carbocycles. The van der Waals surface area contributed by atoms with E-state index in [2.05, 4.69) is 13.0 Å². The van der Waals surface area contributed by atoms with Gasteiger partial charge in [0.05, 0.1) is 11.0 Å². The lowest BCUT2D eigenvalue weighted by atomic mass is 9.44. The van der Waals surface area contributed by atoms with E-state index in [4.69, 9.17) is 5.11 Å². The molecule has 0 radical (unpaired) electrons. The highest BCUT2D eigenvalue weighted by atomic mass is 16.4. The van der Waals surface area contributed by atoms with Crippen LogP contribution in [0.1, 0.15) is 72.1 Å². The Labute approximate surface area is 177 Å². The molecule has 0 heterocycles. The summed E-state index contributed by atoms with van der Waals surface area (Å²) in [7, 11) is 0. The summed E-state index contributed by atoms with van der Waals surface area (Å²) >= 11 is 0. The van der Waals surface area contributed by atoms with Gasteiger partial charge in [0.1, 0.15) is 0 Å². The minimum Gasteiger partial charge on any atom is -0.481 e. The molecule has 0 aromatic heterocycles. The number of carbonyl (C=O) groups excluding carboxylic acids is 1. The number of hydrogen-bond donors (Lipinski definition) is 3. The van der Waals surface area contributed by atoms with Gasteiger partial charge in [-0.15, -0.1) is 0 Å². The number of aliphatic carboxylic acids is 2. The standard InChI is InChI=1S/C24H32O6/c1-21-8-4-15(25)12-14(21)13-22(2,20(28)29)19-16(21)5-9-23(3)17(19)6-10-24(23,30)11-7-18(26)27/h5,12,17,19,30H,4,6-11,13H2,1-3H3,(H,26,27)(H,28,29)/t17-,19+,21-,22?,23-,24-/m0/s1. The molecule has 2 saturated carbocycles. The number of carboxylic acids is 2. The van der Waals surface area contributed by atoms with Gasteiger partial charge in [-0.3, -0.25) is 14.4 Å². The Hall–Kier alpha value is -1.95. The third-order valence-corrected chi connectivity index (χ3v) is 9.27. The first-order valence-electron chi connectivity index (χ1n) is 11.0. The van der Waals surface area contributed by atoms with E-state index < -0.39 is 28.4 Å². The molecule has 1 unspecified atom stereocenters. The Morgan fingerprint density at radius 1 is 1.17 bits per heavy atom. The summed E-state index contributed by atoms with van der Waals surface area (Å²) in [4.78, 5) is 35.9. The molecule has 3 N–H and O–H groups in total. The fourth-order valence-corrected chi connectivity index (χ4v) is 7.21. The van der Waals surface area contributed by atoms with Crippen LogP contribution in [0.15, 0.2) is 23.3 Å². The van der Waals surface area contributed by atoms with Crippen LogP contribution in [0.2, 0.25) is 0 Å². The van der Waals surface area contributed by atoms with E-state index in [1.165, 1.54) is 0 Å². The summed E-state index contributed by atoms with van der Waals surface area (Å²) in [5, 5.41) is 31.0. The van der Waals surface area contributed by atoms with Gasteiger partial charge in [-0.05, 0) is 57.4 Å². The monoisotopic (exact) mass is 416 g/mol. The van der Waals surface area contributed by atoms with Crippen molar-refractivity contribution in [3.63, 3.8) is 0 Å². The summed E-state index contributed by atoms with van der Waals surface area (Å²) in [6.45, 7) is 5.94. The van der Waals surface area contributed by atoms with Crippen LogP contribution in [-0.4, -0.2) is 38.6 Å². The number of fused-ring (bicyclic) bond motifs is 5. The zero-order chi connectivity index (χ0) is 22.1. The fourth-order valence-electron chi connectivity index (χ4n) is 7.21. The van der Waals surface area contributed by atoms with Crippen molar-refractivity contribution in [2.75, 3.05) is 0 Å². The van der Waals surface area contributed by atoms with E-state index in [9.17, 15) is 24.6 Å². The van der Waals surface area contributed by atoms with Crippen LogP contribution in [0.3, 0.4) is 0 Å². The van der Waals surface area contributed by atoms with E-state index >= 15 is 0 Å². The van der Waals surface area contributed by atoms with E-state index in [-0.39, 0.29) is 35.9 Å². The van der Waals surface area contributed by atoms with Gasteiger partial charge in [0.25, 0.3) is 0 Å². The summed E-state index contributed by atoms with van der Waals surface area (Å²) in [6.07, 6.45) is 7.18. The molecule has 4 rings (SSSR count). The highest BCUT2D eigenvalue weighted by molar-refractivity contribution is 5.92. The second-order valence-electron chi connectivity index (χ2n) is 10.7. The summed E-state index contributed by atoms with van der Waals surface area (Å²) < 4.78 is 0. The second-order valence-corrected chi connectivity index (χ2v) is 10.7. The lowest BCUT2D eigenvalue weighted by molar-refractivity contribution is -0.158. The largest absolute Gasteiger partial charge is 0.481 e. The Kier molecular flexibility index (Phi) is 4.63. The Bertz CT molecular complexity index is 886. The number of aliphatic hydroxyl groups is 1. The highest BCUT2D eigenvalue weighted by Gasteiger charge is 2.66. The number of ketones is 1. The molecule has 0 spiro atoms. The zero-order valence-electron chi connectivity index (χ0n) is 18.0. The van der Waals surface area contributed by atoms with Crippen molar-refractivity contribution in [1.82, 2.24) is 0 Å². The molecule has 2 fully saturated rings. The van der Waals surface area contributed by atoms with Gasteiger partial charge in [0, 0.05) is 29.6 Å². The molecule has 4 aliphatic carbocycles. The number of rotatable bonds is 4.